The zero-order chi connectivity index (χ0) is 9.52. The summed E-state index contributed by atoms with van der Waals surface area (Å²) in [5.41, 5.74) is 0. The molecule has 0 heterocycles. The number of hydrogen-bond donors (Lipinski definition) is 0. The summed E-state index contributed by atoms with van der Waals surface area (Å²) in [4.78, 5) is 4.51. The monoisotopic (exact) mass is 211 g/mol. The number of benzene rings is 1. The van der Waals surface area contributed by atoms with Gasteiger partial charge in [0.1, 0.15) is 0 Å². The van der Waals surface area contributed by atoms with E-state index in [9.17, 15) is 0 Å². The van der Waals surface area contributed by atoms with Crippen LogP contribution in [-0.2, 0) is 0 Å². The lowest BCUT2D eigenvalue weighted by Crippen LogP contribution is -1.82. The highest BCUT2D eigenvalue weighted by atomic mass is 35.5. The summed E-state index contributed by atoms with van der Waals surface area (Å²) in [6.07, 6.45) is 0.955. The Hall–Kier alpha value is -0.650. The van der Waals surface area contributed by atoms with E-state index < -0.39 is 0 Å². The summed E-state index contributed by atoms with van der Waals surface area (Å²) in [5.74, 6) is 1.00. The van der Waals surface area contributed by atoms with Crippen LogP contribution in [0.5, 0.6) is 0 Å². The van der Waals surface area contributed by atoms with E-state index in [4.69, 9.17) is 18.2 Å². The van der Waals surface area contributed by atoms with Crippen LogP contribution in [0.15, 0.2) is 29.2 Å². The van der Waals surface area contributed by atoms with Crippen molar-refractivity contribution in [3.05, 3.63) is 40.7 Å². The van der Waals surface area contributed by atoms with Gasteiger partial charge < -0.3 is 4.85 Å². The Kier molecular flexibility index (Phi) is 4.74. The third kappa shape index (κ3) is 4.21. The van der Waals surface area contributed by atoms with Crippen molar-refractivity contribution in [3.63, 3.8) is 0 Å². The average molecular weight is 212 g/mol. The van der Waals surface area contributed by atoms with E-state index >= 15 is 0 Å². The summed E-state index contributed by atoms with van der Waals surface area (Å²) in [5, 5.41) is 0.769. The molecule has 1 aromatic rings. The van der Waals surface area contributed by atoms with Crippen LogP contribution >= 0.6 is 23.4 Å². The van der Waals surface area contributed by atoms with Crippen LogP contribution in [-0.4, -0.2) is 12.3 Å². The van der Waals surface area contributed by atoms with Gasteiger partial charge in [-0.1, -0.05) is 11.6 Å². The second-order valence-corrected chi connectivity index (χ2v) is 4.14. The number of nitrogens with zero attached hydrogens (tertiary/aromatic N) is 1. The van der Waals surface area contributed by atoms with Gasteiger partial charge in [0.2, 0.25) is 6.54 Å². The molecule has 0 atom stereocenters. The molecule has 0 N–H and O–H groups in total. The summed E-state index contributed by atoms with van der Waals surface area (Å²) in [7, 11) is 0. The van der Waals surface area contributed by atoms with Gasteiger partial charge in [0, 0.05) is 22.1 Å². The molecule has 0 radical (unpaired) electrons. The molecule has 0 amide bonds. The highest BCUT2D eigenvalue weighted by Gasteiger charge is 1.94. The first-order chi connectivity index (χ1) is 6.33. The topological polar surface area (TPSA) is 4.36 Å². The Morgan fingerprint density at radius 2 is 2.00 bits per heavy atom. The molecule has 0 saturated heterocycles. The third-order valence-electron chi connectivity index (χ3n) is 1.50. The lowest BCUT2D eigenvalue weighted by atomic mass is 10.4. The fraction of sp³-hybridized carbons (Fsp3) is 0.300. The normalized spacial score (nSPS) is 9.54. The zero-order valence-corrected chi connectivity index (χ0v) is 8.74. The molecular formula is C10H10ClNS. The maximum atomic E-state index is 6.61. The van der Waals surface area contributed by atoms with Gasteiger partial charge in [-0.2, -0.15) is 0 Å². The van der Waals surface area contributed by atoms with Crippen molar-refractivity contribution in [2.24, 2.45) is 0 Å². The third-order valence-corrected chi connectivity index (χ3v) is 2.85. The predicted molar refractivity (Wildman–Crippen MR) is 58.3 cm³/mol. The molecule has 0 aliphatic heterocycles. The van der Waals surface area contributed by atoms with Gasteiger partial charge >= 0.3 is 0 Å². The molecule has 0 unspecified atom stereocenters. The van der Waals surface area contributed by atoms with Gasteiger partial charge in [-0.05, 0) is 24.3 Å². The van der Waals surface area contributed by atoms with Gasteiger partial charge in [0.25, 0.3) is 0 Å². The van der Waals surface area contributed by atoms with E-state index in [1.54, 1.807) is 11.8 Å². The van der Waals surface area contributed by atoms with Crippen LogP contribution in [0.2, 0.25) is 5.02 Å². The van der Waals surface area contributed by atoms with Crippen LogP contribution < -0.4 is 0 Å². The molecule has 1 rings (SSSR count). The Labute approximate surface area is 87.9 Å². The Balaban J connectivity index is 2.30. The second kappa shape index (κ2) is 5.90. The summed E-state index contributed by atoms with van der Waals surface area (Å²) in [6.45, 7) is 7.24. The molecule has 0 aliphatic rings. The summed E-state index contributed by atoms with van der Waals surface area (Å²) < 4.78 is 0. The minimum atomic E-state index is 0.626. The van der Waals surface area contributed by atoms with Gasteiger partial charge in [-0.3, -0.25) is 0 Å². The van der Waals surface area contributed by atoms with Crippen molar-refractivity contribution in [2.45, 2.75) is 11.3 Å². The minimum absolute atomic E-state index is 0.626. The van der Waals surface area contributed by atoms with Crippen molar-refractivity contribution < 1.29 is 0 Å². The second-order valence-electron chi connectivity index (χ2n) is 2.54. The highest BCUT2D eigenvalue weighted by Crippen LogP contribution is 2.20. The van der Waals surface area contributed by atoms with Crippen molar-refractivity contribution in [3.8, 4) is 0 Å². The molecule has 0 spiro atoms. The van der Waals surface area contributed by atoms with Crippen molar-refractivity contribution in [2.75, 3.05) is 12.3 Å². The fourth-order valence-corrected chi connectivity index (χ4v) is 1.83. The molecule has 0 aromatic heterocycles. The SMILES string of the molecule is [C-]#[N+]CCCSc1ccc(Cl)cc1. The van der Waals surface area contributed by atoms with E-state index in [1.165, 1.54) is 4.90 Å². The Bertz CT molecular complexity index is 289. The lowest BCUT2D eigenvalue weighted by Gasteiger charge is -1.98. The van der Waals surface area contributed by atoms with Gasteiger partial charge in [-0.15, -0.1) is 11.8 Å². The first kappa shape index (κ1) is 10.4. The first-order valence-corrected chi connectivity index (χ1v) is 5.41. The zero-order valence-electron chi connectivity index (χ0n) is 7.16. The van der Waals surface area contributed by atoms with E-state index in [-0.39, 0.29) is 0 Å². The molecule has 13 heavy (non-hydrogen) atoms. The van der Waals surface area contributed by atoms with E-state index in [1.807, 2.05) is 24.3 Å². The molecule has 0 fully saturated rings. The molecule has 1 nitrogen and oxygen atoms in total. The number of thioether (sulfide) groups is 1. The van der Waals surface area contributed by atoms with Crippen molar-refractivity contribution >= 4 is 23.4 Å². The smallest absolute Gasteiger partial charge is 0.215 e. The van der Waals surface area contributed by atoms with Crippen LogP contribution in [0, 0.1) is 6.57 Å². The maximum Gasteiger partial charge on any atom is 0.215 e. The van der Waals surface area contributed by atoms with Gasteiger partial charge in [-0.25, -0.2) is 6.57 Å². The van der Waals surface area contributed by atoms with E-state index in [0.29, 0.717) is 6.54 Å². The molecule has 1 aromatic carbocycles. The highest BCUT2D eigenvalue weighted by molar-refractivity contribution is 7.99. The van der Waals surface area contributed by atoms with Crippen molar-refractivity contribution in [1.82, 2.24) is 0 Å². The molecule has 0 bridgehead atoms. The molecule has 68 valence electrons. The summed E-state index contributed by atoms with van der Waals surface area (Å²) in [6, 6.07) is 7.78. The molecule has 3 heteroatoms. The van der Waals surface area contributed by atoms with E-state index in [2.05, 4.69) is 4.85 Å². The van der Waals surface area contributed by atoms with Crippen LogP contribution in [0.25, 0.3) is 4.85 Å². The maximum absolute atomic E-state index is 6.61. The predicted octanol–water partition coefficient (Wildman–Crippen LogP) is 3.74. The molecular weight excluding hydrogens is 202 g/mol. The van der Waals surface area contributed by atoms with Crippen LogP contribution in [0.1, 0.15) is 6.42 Å². The molecule has 0 aliphatic carbocycles. The van der Waals surface area contributed by atoms with Crippen LogP contribution in [0.3, 0.4) is 0 Å². The standard InChI is InChI=1S/C10H10ClNS/c1-12-7-2-8-13-10-5-3-9(11)4-6-10/h3-6H,2,7-8H2. The Morgan fingerprint density at radius 3 is 2.62 bits per heavy atom. The quantitative estimate of drug-likeness (QED) is 0.417. The number of hydrogen-bond acceptors (Lipinski definition) is 1. The number of halogens is 1. The average Bonchev–Trinajstić information content (AvgIpc) is 2.15. The summed E-state index contributed by atoms with van der Waals surface area (Å²) >= 11 is 7.51. The van der Waals surface area contributed by atoms with E-state index in [0.717, 1.165) is 17.2 Å². The molecule has 0 saturated carbocycles. The van der Waals surface area contributed by atoms with Gasteiger partial charge in [0.15, 0.2) is 0 Å². The fourth-order valence-electron chi connectivity index (χ4n) is 0.864. The minimum Gasteiger partial charge on any atom is -0.317 e. The Morgan fingerprint density at radius 1 is 1.31 bits per heavy atom. The van der Waals surface area contributed by atoms with Gasteiger partial charge in [0.05, 0.1) is 0 Å². The van der Waals surface area contributed by atoms with Crippen LogP contribution in [0.4, 0.5) is 0 Å². The lowest BCUT2D eigenvalue weighted by molar-refractivity contribution is 1.05. The number of rotatable bonds is 4. The largest absolute Gasteiger partial charge is 0.317 e. The van der Waals surface area contributed by atoms with Crippen molar-refractivity contribution in [1.29, 1.82) is 0 Å². The first-order valence-electron chi connectivity index (χ1n) is 4.04.